The van der Waals surface area contributed by atoms with Crippen LogP contribution < -0.4 is 0 Å². The molecule has 0 unspecified atom stereocenters. The first-order valence-corrected chi connectivity index (χ1v) is 1.70. The van der Waals surface area contributed by atoms with E-state index in [4.69, 9.17) is 36.2 Å². The molecule has 3 heteroatoms. The highest BCUT2D eigenvalue weighted by atomic mass is 35.6. The Labute approximate surface area is 48.4 Å². The van der Waals surface area contributed by atoms with Crippen LogP contribution in [0.25, 0.3) is 0 Å². The van der Waals surface area contributed by atoms with Gasteiger partial charge in [-0.15, -0.1) is 0 Å². The van der Waals surface area contributed by atoms with E-state index in [9.17, 15) is 0 Å². The Bertz CT molecular complexity index is 24.3. The number of alkyl halides is 3. The molecule has 0 aromatic heterocycles. The third-order valence-corrected chi connectivity index (χ3v) is 0. The van der Waals surface area contributed by atoms with Gasteiger partial charge in [-0.1, -0.05) is 42.2 Å². The number of hydrogen-bond acceptors (Lipinski definition) is 0. The summed E-state index contributed by atoms with van der Waals surface area (Å²) in [5.74, 6) is 0. The Morgan fingerprint density at radius 2 is 1.40 bits per heavy atom. The molecule has 0 rings (SSSR count). The average Bonchev–Trinajstić information content (AvgIpc) is 0.722. The fourth-order valence-corrected chi connectivity index (χ4v) is 0. The van der Waals surface area contributed by atoms with Gasteiger partial charge >= 0.3 is 0 Å². The maximum atomic E-state index is 6.23. The Hall–Kier alpha value is 0.870. The van der Waals surface area contributed by atoms with E-state index in [0.29, 0.717) is 0 Å². The summed E-state index contributed by atoms with van der Waals surface area (Å²) >= 11 is 14.2. The molecule has 0 amide bonds. The smallest absolute Gasteiger partial charge is 0.0874 e. The molecule has 0 heterocycles. The highest BCUT2D eigenvalue weighted by molar-refractivity contribution is 6.63. The molecule has 0 saturated carbocycles. The van der Waals surface area contributed by atoms with Crippen molar-refractivity contribution in [3.63, 3.8) is 0 Å². The summed E-state index contributed by atoms with van der Waals surface area (Å²) in [6.45, 7) is 0. The monoisotopic (exact) mass is 135 g/mol. The van der Waals surface area contributed by atoms with Gasteiger partial charge in [-0.2, -0.15) is 0 Å². The van der Waals surface area contributed by atoms with E-state index in [-0.39, 0.29) is 7.43 Å². The molecule has 0 nitrogen and oxygen atoms in total. The van der Waals surface area contributed by atoms with E-state index in [1.54, 1.807) is 0 Å². The fourth-order valence-electron chi connectivity index (χ4n) is 0. The predicted molar refractivity (Wildman–Crippen MR) is 28.1 cm³/mol. The van der Waals surface area contributed by atoms with Gasteiger partial charge in [0.15, 0.2) is 4.27 Å². The first kappa shape index (κ1) is 5.87. The van der Waals surface area contributed by atoms with E-state index in [0.717, 1.165) is 0 Å². The van der Waals surface area contributed by atoms with Crippen molar-refractivity contribution in [2.75, 3.05) is 0 Å². The molecule has 0 saturated heterocycles. The van der Waals surface area contributed by atoms with E-state index < -0.39 is 4.27 Å². The van der Waals surface area contributed by atoms with Crippen LogP contribution in [0.5, 0.6) is 0 Å². The van der Waals surface area contributed by atoms with Gasteiger partial charge in [0.2, 0.25) is 0 Å². The predicted octanol–water partition coefficient (Wildman–Crippen LogP) is 2.62. The van der Waals surface area contributed by atoms with Crippen LogP contribution in [0.2, 0.25) is 0 Å². The molecule has 0 atom stereocenters. The maximum absolute atomic E-state index is 6.23. The third kappa shape index (κ3) is 53.0. The van der Waals surface area contributed by atoms with Crippen molar-refractivity contribution in [1.82, 2.24) is 0 Å². The Kier molecular flexibility index (Phi) is 5.72. The number of rotatable bonds is 0. The highest BCUT2D eigenvalue weighted by Crippen LogP contribution is 2.03. The summed E-state index contributed by atoms with van der Waals surface area (Å²) in [5, 5.41) is 0. The van der Waals surface area contributed by atoms with Gasteiger partial charge < -0.3 is 0 Å². The summed E-state index contributed by atoms with van der Waals surface area (Å²) in [4.78, 5) is 0. The van der Waals surface area contributed by atoms with Gasteiger partial charge in [0.1, 0.15) is 0 Å². The molecule has 0 aromatic rings. The fraction of sp³-hybridized carbons (Fsp3) is 1.00. The van der Waals surface area contributed by atoms with Crippen molar-refractivity contribution in [2.24, 2.45) is 0 Å². The van der Waals surface area contributed by atoms with Crippen molar-refractivity contribution in [3.05, 3.63) is 0 Å². The van der Waals surface area contributed by atoms with Crippen LogP contribution >= 0.6 is 34.8 Å². The quantitative estimate of drug-likeness (QED) is 0.449. The molecule has 0 aliphatic carbocycles. The SMILES string of the molecule is C.[2H]C(Cl)(Cl)Cl. The van der Waals surface area contributed by atoms with Crippen LogP contribution in [0, 0.1) is 0 Å². The van der Waals surface area contributed by atoms with Crippen molar-refractivity contribution >= 4 is 34.8 Å². The molecule has 0 bridgehead atoms. The summed E-state index contributed by atoms with van der Waals surface area (Å²) in [6.07, 6.45) is 0. The number of halogens is 3. The van der Waals surface area contributed by atoms with Crippen LogP contribution in [0.15, 0.2) is 0 Å². The normalized spacial score (nSPS) is 12.2. The van der Waals surface area contributed by atoms with Gasteiger partial charge in [0, 0.05) is 0 Å². The Balaban J connectivity index is 0. The molecule has 0 aliphatic rings. The summed E-state index contributed by atoms with van der Waals surface area (Å²) < 4.78 is 4.40. The van der Waals surface area contributed by atoms with Crippen molar-refractivity contribution < 1.29 is 1.37 Å². The second-order valence-corrected chi connectivity index (χ2v) is 1.93. The lowest BCUT2D eigenvalue weighted by atomic mass is 11.9. The summed E-state index contributed by atoms with van der Waals surface area (Å²) in [7, 11) is 0. The van der Waals surface area contributed by atoms with Crippen LogP contribution in [0.1, 0.15) is 8.80 Å². The van der Waals surface area contributed by atoms with Gasteiger partial charge in [0.25, 0.3) is 0 Å². The summed E-state index contributed by atoms with van der Waals surface area (Å²) in [6, 6.07) is 0. The first-order chi connectivity index (χ1) is 2.00. The van der Waals surface area contributed by atoms with Crippen LogP contribution in [-0.2, 0) is 0 Å². The minimum atomic E-state index is -1.83. The van der Waals surface area contributed by atoms with E-state index in [1.807, 2.05) is 0 Å². The first-order valence-electron chi connectivity index (χ1n) is 1.07. The minimum Gasteiger partial charge on any atom is -0.0874 e. The standard InChI is InChI=1S/CHCl3.CH4/c2-1(3)4;/h1H;1H4/i1D;. The Morgan fingerprint density at radius 3 is 1.40 bits per heavy atom. The van der Waals surface area contributed by atoms with Crippen LogP contribution in [0.3, 0.4) is 0 Å². The maximum Gasteiger partial charge on any atom is 0.180 e. The second kappa shape index (κ2) is 4.87. The third-order valence-electron chi connectivity index (χ3n) is 0. The zero-order chi connectivity index (χ0) is 4.50. The van der Waals surface area contributed by atoms with E-state index in [2.05, 4.69) is 0 Å². The van der Waals surface area contributed by atoms with Gasteiger partial charge in [-0.05, 0) is 0 Å². The number of hydrogen-bond donors (Lipinski definition) is 0. The van der Waals surface area contributed by atoms with Gasteiger partial charge in [-0.25, -0.2) is 0 Å². The van der Waals surface area contributed by atoms with Crippen molar-refractivity contribution in [1.29, 1.82) is 0 Å². The molecular formula is C2H5Cl3. The topological polar surface area (TPSA) is 0 Å². The van der Waals surface area contributed by atoms with Gasteiger partial charge in [-0.3, -0.25) is 0 Å². The summed E-state index contributed by atoms with van der Waals surface area (Å²) in [5.41, 5.74) is 0. The van der Waals surface area contributed by atoms with Crippen LogP contribution in [-0.4, -0.2) is 4.27 Å². The molecule has 5 heavy (non-hydrogen) atoms. The van der Waals surface area contributed by atoms with E-state index in [1.165, 1.54) is 0 Å². The molecular weight excluding hydrogens is 130 g/mol. The Morgan fingerprint density at radius 1 is 1.40 bits per heavy atom. The molecule has 0 spiro atoms. The molecule has 0 radical (unpaired) electrons. The molecule has 0 N–H and O–H groups in total. The van der Waals surface area contributed by atoms with Crippen molar-refractivity contribution in [2.45, 2.75) is 11.7 Å². The molecule has 0 aromatic carbocycles. The second-order valence-electron chi connectivity index (χ2n) is 0.214. The lowest BCUT2D eigenvalue weighted by molar-refractivity contribution is 1.96. The lowest BCUT2D eigenvalue weighted by Crippen LogP contribution is -1.55. The van der Waals surface area contributed by atoms with Crippen molar-refractivity contribution in [3.8, 4) is 0 Å². The molecule has 0 fully saturated rings. The molecule has 0 aliphatic heterocycles. The lowest BCUT2D eigenvalue weighted by Gasteiger charge is -1.69. The largest absolute Gasteiger partial charge is 0.180 e. The van der Waals surface area contributed by atoms with Crippen LogP contribution in [0.4, 0.5) is 0 Å². The average molecular weight is 136 g/mol. The highest BCUT2D eigenvalue weighted by Gasteiger charge is 1.78. The molecule has 34 valence electrons. The minimum absolute atomic E-state index is 0. The zero-order valence-corrected chi connectivity index (χ0v) is 3.90. The van der Waals surface area contributed by atoms with Gasteiger partial charge in [0.05, 0.1) is 1.37 Å². The zero-order valence-electron chi connectivity index (χ0n) is 2.63. The van der Waals surface area contributed by atoms with E-state index >= 15 is 0 Å².